The van der Waals surface area contributed by atoms with Crippen LogP contribution in [0.2, 0.25) is 0 Å². The molecule has 6 rings (SSSR count). The third kappa shape index (κ3) is 5.94. The molecule has 0 atom stereocenters. The molecule has 1 aliphatic rings. The number of hydrogen-bond donors (Lipinski definition) is 0. The van der Waals surface area contributed by atoms with E-state index in [4.69, 9.17) is 24.7 Å². The number of imidazole rings is 1. The van der Waals surface area contributed by atoms with E-state index < -0.39 is 5.82 Å². The molecule has 0 spiro atoms. The standard InChI is InChI=1S/C33H29F2N5O2/c1-39-29-5-3-6-30(42-26-12-10-25(34)11-13-26)33(29)38-31(39)20-40-16-14-23(15-17-40)28-4-2-7-32(37-28)41-21-24-9-8-22(19-36)18-27(24)35/h2-13,18,23H,14-17,20-21H2,1H3. The van der Waals surface area contributed by atoms with Gasteiger partial charge in [-0.25, -0.2) is 18.7 Å². The Morgan fingerprint density at radius 2 is 1.74 bits per heavy atom. The van der Waals surface area contributed by atoms with Crippen LogP contribution in [0.15, 0.2) is 78.9 Å². The van der Waals surface area contributed by atoms with Crippen LogP contribution in [0.25, 0.3) is 11.0 Å². The number of hydrogen-bond acceptors (Lipinski definition) is 6. The predicted molar refractivity (Wildman–Crippen MR) is 154 cm³/mol. The Hall–Kier alpha value is -4.81. The molecule has 5 aromatic rings. The maximum atomic E-state index is 14.2. The number of piperidine rings is 1. The lowest BCUT2D eigenvalue weighted by Gasteiger charge is -2.31. The first kappa shape index (κ1) is 27.4. The van der Waals surface area contributed by atoms with E-state index >= 15 is 0 Å². The molecule has 9 heteroatoms. The molecule has 0 saturated carbocycles. The first-order valence-electron chi connectivity index (χ1n) is 13.8. The van der Waals surface area contributed by atoms with Gasteiger partial charge in [0.05, 0.1) is 23.7 Å². The molecule has 7 nitrogen and oxygen atoms in total. The molecule has 3 heterocycles. The van der Waals surface area contributed by atoms with Gasteiger partial charge in [-0.3, -0.25) is 4.90 Å². The van der Waals surface area contributed by atoms with E-state index in [9.17, 15) is 8.78 Å². The second-order valence-corrected chi connectivity index (χ2v) is 10.4. The van der Waals surface area contributed by atoms with Crippen molar-refractivity contribution in [3.05, 3.63) is 113 Å². The first-order chi connectivity index (χ1) is 20.5. The highest BCUT2D eigenvalue weighted by atomic mass is 19.1. The average Bonchev–Trinajstić information content (AvgIpc) is 3.33. The maximum absolute atomic E-state index is 14.2. The summed E-state index contributed by atoms with van der Waals surface area (Å²) >= 11 is 0. The summed E-state index contributed by atoms with van der Waals surface area (Å²) in [5.74, 6) is 2.12. The van der Waals surface area contributed by atoms with E-state index in [1.807, 2.05) is 43.4 Å². The number of nitrogens with zero attached hydrogens (tertiary/aromatic N) is 5. The normalized spacial score (nSPS) is 14.1. The van der Waals surface area contributed by atoms with Gasteiger partial charge in [0.2, 0.25) is 5.88 Å². The average molecular weight is 566 g/mol. The highest BCUT2D eigenvalue weighted by molar-refractivity contribution is 5.82. The lowest BCUT2D eigenvalue weighted by Crippen LogP contribution is -2.33. The number of rotatable bonds is 8. The summed E-state index contributed by atoms with van der Waals surface area (Å²) < 4.78 is 41.5. The molecule has 0 amide bonds. The Kier molecular flexibility index (Phi) is 7.80. The van der Waals surface area contributed by atoms with E-state index in [-0.39, 0.29) is 18.0 Å². The number of pyridine rings is 1. The summed E-state index contributed by atoms with van der Waals surface area (Å²) in [5.41, 5.74) is 3.38. The number of fused-ring (bicyclic) bond motifs is 1. The van der Waals surface area contributed by atoms with Crippen molar-refractivity contribution in [2.75, 3.05) is 13.1 Å². The van der Waals surface area contributed by atoms with Crippen LogP contribution >= 0.6 is 0 Å². The van der Waals surface area contributed by atoms with Crippen molar-refractivity contribution >= 4 is 11.0 Å². The smallest absolute Gasteiger partial charge is 0.213 e. The van der Waals surface area contributed by atoms with Crippen LogP contribution in [-0.4, -0.2) is 32.5 Å². The monoisotopic (exact) mass is 565 g/mol. The molecule has 2 aromatic heterocycles. The van der Waals surface area contributed by atoms with Crippen LogP contribution in [-0.2, 0) is 20.2 Å². The minimum absolute atomic E-state index is 0.0428. The fourth-order valence-corrected chi connectivity index (χ4v) is 5.30. The van der Waals surface area contributed by atoms with Gasteiger partial charge >= 0.3 is 0 Å². The number of likely N-dealkylation sites (tertiary alicyclic amines) is 1. The summed E-state index contributed by atoms with van der Waals surface area (Å²) in [5, 5.41) is 8.93. The summed E-state index contributed by atoms with van der Waals surface area (Å²) in [6, 6.07) is 23.8. The van der Waals surface area contributed by atoms with Crippen molar-refractivity contribution in [2.24, 2.45) is 7.05 Å². The molecule has 0 aliphatic carbocycles. The Bertz CT molecular complexity index is 1760. The van der Waals surface area contributed by atoms with Gasteiger partial charge in [-0.2, -0.15) is 5.26 Å². The van der Waals surface area contributed by atoms with Crippen molar-refractivity contribution in [2.45, 2.75) is 31.9 Å². The number of ether oxygens (including phenoxy) is 2. The highest BCUT2D eigenvalue weighted by Crippen LogP contribution is 2.32. The molecular formula is C33H29F2N5O2. The van der Waals surface area contributed by atoms with Crippen molar-refractivity contribution in [3.8, 4) is 23.4 Å². The SMILES string of the molecule is Cn1c(CN2CCC(c3cccc(OCc4ccc(C#N)cc4F)n3)CC2)nc2c(Oc3ccc(F)cc3)cccc21. The quantitative estimate of drug-likeness (QED) is 0.204. The molecule has 1 fully saturated rings. The molecule has 0 bridgehead atoms. The second kappa shape index (κ2) is 12.0. The zero-order valence-corrected chi connectivity index (χ0v) is 23.1. The molecule has 212 valence electrons. The van der Waals surface area contributed by atoms with Gasteiger partial charge in [0.25, 0.3) is 0 Å². The molecule has 3 aromatic carbocycles. The van der Waals surface area contributed by atoms with Crippen molar-refractivity contribution in [3.63, 3.8) is 0 Å². The highest BCUT2D eigenvalue weighted by Gasteiger charge is 2.24. The van der Waals surface area contributed by atoms with Gasteiger partial charge in [0.1, 0.15) is 35.3 Å². The van der Waals surface area contributed by atoms with Crippen molar-refractivity contribution < 1.29 is 18.3 Å². The molecule has 0 radical (unpaired) electrons. The zero-order valence-electron chi connectivity index (χ0n) is 23.1. The van der Waals surface area contributed by atoms with E-state index in [2.05, 4.69) is 9.47 Å². The molecule has 0 N–H and O–H groups in total. The molecule has 1 aliphatic heterocycles. The minimum Gasteiger partial charge on any atom is -0.473 e. The van der Waals surface area contributed by atoms with E-state index in [1.54, 1.807) is 30.3 Å². The zero-order chi connectivity index (χ0) is 29.1. The summed E-state index contributed by atoms with van der Waals surface area (Å²) in [6.45, 7) is 2.55. The second-order valence-electron chi connectivity index (χ2n) is 10.4. The maximum Gasteiger partial charge on any atom is 0.213 e. The lowest BCUT2D eigenvalue weighted by molar-refractivity contribution is 0.197. The Morgan fingerprint density at radius 3 is 2.50 bits per heavy atom. The third-order valence-corrected chi connectivity index (χ3v) is 7.68. The van der Waals surface area contributed by atoms with Gasteiger partial charge in [-0.05, 0) is 80.5 Å². The van der Waals surface area contributed by atoms with Gasteiger partial charge in [-0.1, -0.05) is 18.2 Å². The number of aromatic nitrogens is 3. The van der Waals surface area contributed by atoms with Gasteiger partial charge in [-0.15, -0.1) is 0 Å². The third-order valence-electron chi connectivity index (χ3n) is 7.68. The number of nitriles is 1. The number of halogens is 2. The minimum atomic E-state index is -0.463. The Labute approximate surface area is 242 Å². The van der Waals surface area contributed by atoms with Gasteiger partial charge < -0.3 is 14.0 Å². The van der Waals surface area contributed by atoms with Crippen LogP contribution in [0.4, 0.5) is 8.78 Å². The van der Waals surface area contributed by atoms with E-state index in [0.29, 0.717) is 35.4 Å². The summed E-state index contributed by atoms with van der Waals surface area (Å²) in [7, 11) is 2.01. The molecule has 1 saturated heterocycles. The fourth-order valence-electron chi connectivity index (χ4n) is 5.30. The van der Waals surface area contributed by atoms with Gasteiger partial charge in [0, 0.05) is 30.3 Å². The number of para-hydroxylation sites is 1. The van der Waals surface area contributed by atoms with Crippen LogP contribution in [0.1, 0.15) is 41.4 Å². The largest absolute Gasteiger partial charge is 0.473 e. The van der Waals surface area contributed by atoms with Crippen LogP contribution in [0.5, 0.6) is 17.4 Å². The van der Waals surface area contributed by atoms with Gasteiger partial charge in [0.15, 0.2) is 5.75 Å². The van der Waals surface area contributed by atoms with E-state index in [1.165, 1.54) is 18.2 Å². The Morgan fingerprint density at radius 1 is 0.952 bits per heavy atom. The summed E-state index contributed by atoms with van der Waals surface area (Å²) in [6.07, 6.45) is 1.90. The summed E-state index contributed by atoms with van der Waals surface area (Å²) in [4.78, 5) is 12.0. The molecular weight excluding hydrogens is 536 g/mol. The fraction of sp³-hybridized carbons (Fsp3) is 0.242. The van der Waals surface area contributed by atoms with Crippen molar-refractivity contribution in [1.82, 2.24) is 19.4 Å². The lowest BCUT2D eigenvalue weighted by atomic mass is 9.93. The first-order valence-corrected chi connectivity index (χ1v) is 13.8. The molecule has 0 unspecified atom stereocenters. The molecule has 42 heavy (non-hydrogen) atoms. The van der Waals surface area contributed by atoms with Crippen LogP contribution < -0.4 is 9.47 Å². The van der Waals surface area contributed by atoms with Crippen LogP contribution in [0, 0.1) is 23.0 Å². The van der Waals surface area contributed by atoms with Crippen LogP contribution in [0.3, 0.4) is 0 Å². The number of benzene rings is 3. The topological polar surface area (TPSA) is 76.2 Å². The van der Waals surface area contributed by atoms with E-state index in [0.717, 1.165) is 48.5 Å². The van der Waals surface area contributed by atoms with Crippen molar-refractivity contribution in [1.29, 1.82) is 5.26 Å². The predicted octanol–water partition coefficient (Wildman–Crippen LogP) is 6.87. The number of aryl methyl sites for hydroxylation is 1. The Balaban J connectivity index is 1.08.